The fourth-order valence-corrected chi connectivity index (χ4v) is 2.24. The van der Waals surface area contributed by atoms with Gasteiger partial charge in [-0.2, -0.15) is 0 Å². The number of halogens is 2. The van der Waals surface area contributed by atoms with Crippen molar-refractivity contribution in [2.75, 3.05) is 5.32 Å². The van der Waals surface area contributed by atoms with E-state index < -0.39 is 0 Å². The zero-order valence-corrected chi connectivity index (χ0v) is 12.1. The summed E-state index contributed by atoms with van der Waals surface area (Å²) in [4.78, 5) is 19.1. The van der Waals surface area contributed by atoms with Gasteiger partial charge in [0.25, 0.3) is 0 Å². The van der Waals surface area contributed by atoms with E-state index in [0.29, 0.717) is 17.5 Å². The lowest BCUT2D eigenvalue weighted by Crippen LogP contribution is -2.03. The van der Waals surface area contributed by atoms with Crippen molar-refractivity contribution >= 4 is 34.3 Å². The lowest BCUT2D eigenvalue weighted by atomic mass is 10.2. The Bertz CT molecular complexity index is 622. The molecule has 0 atom stereocenters. The SMILES string of the molecule is CC(=O)Sc1nc(Cl)cc(NCc2ccc(F)cc2)n1. The van der Waals surface area contributed by atoms with E-state index in [1.165, 1.54) is 19.1 Å². The van der Waals surface area contributed by atoms with Crippen LogP contribution in [0.1, 0.15) is 12.5 Å². The number of hydrogen-bond acceptors (Lipinski definition) is 5. The molecule has 2 rings (SSSR count). The van der Waals surface area contributed by atoms with E-state index in [1.54, 1.807) is 18.2 Å². The number of anilines is 1. The fraction of sp³-hybridized carbons (Fsp3) is 0.154. The molecule has 0 aliphatic carbocycles. The fourth-order valence-electron chi connectivity index (χ4n) is 1.46. The summed E-state index contributed by atoms with van der Waals surface area (Å²) in [5, 5.41) is 3.49. The van der Waals surface area contributed by atoms with Gasteiger partial charge in [-0.15, -0.1) is 0 Å². The van der Waals surface area contributed by atoms with Crippen LogP contribution in [-0.2, 0) is 11.3 Å². The average Bonchev–Trinajstić information content (AvgIpc) is 2.36. The van der Waals surface area contributed by atoms with E-state index in [-0.39, 0.29) is 16.1 Å². The van der Waals surface area contributed by atoms with Crippen LogP contribution in [0.2, 0.25) is 5.15 Å². The third-order valence-electron chi connectivity index (χ3n) is 2.30. The van der Waals surface area contributed by atoms with Gasteiger partial charge < -0.3 is 5.32 Å². The van der Waals surface area contributed by atoms with Crippen LogP contribution in [0.3, 0.4) is 0 Å². The molecule has 0 amide bonds. The van der Waals surface area contributed by atoms with E-state index in [4.69, 9.17) is 11.6 Å². The summed E-state index contributed by atoms with van der Waals surface area (Å²) in [6.45, 7) is 1.90. The molecule has 0 unspecified atom stereocenters. The van der Waals surface area contributed by atoms with Gasteiger partial charge in [-0.1, -0.05) is 23.7 Å². The first-order valence-electron chi connectivity index (χ1n) is 5.74. The molecular formula is C13H11ClFN3OS. The molecule has 0 aliphatic rings. The topological polar surface area (TPSA) is 54.9 Å². The predicted molar refractivity (Wildman–Crippen MR) is 77.3 cm³/mol. The zero-order chi connectivity index (χ0) is 14.5. The summed E-state index contributed by atoms with van der Waals surface area (Å²) in [6, 6.07) is 7.70. The van der Waals surface area contributed by atoms with Gasteiger partial charge in [-0.05, 0) is 29.5 Å². The van der Waals surface area contributed by atoms with Crippen LogP contribution >= 0.6 is 23.4 Å². The molecule has 0 radical (unpaired) electrons. The highest BCUT2D eigenvalue weighted by atomic mass is 35.5. The van der Waals surface area contributed by atoms with Crippen molar-refractivity contribution in [3.8, 4) is 0 Å². The second kappa shape index (κ2) is 6.67. The molecule has 2 aromatic rings. The number of carbonyl (C=O) groups excluding carboxylic acids is 1. The van der Waals surface area contributed by atoms with Crippen molar-refractivity contribution in [3.05, 3.63) is 46.9 Å². The summed E-state index contributed by atoms with van der Waals surface area (Å²) < 4.78 is 12.8. The number of nitrogens with one attached hydrogen (secondary N) is 1. The van der Waals surface area contributed by atoms with Crippen LogP contribution in [0.15, 0.2) is 35.5 Å². The van der Waals surface area contributed by atoms with Gasteiger partial charge in [-0.25, -0.2) is 14.4 Å². The van der Waals surface area contributed by atoms with Crippen molar-refractivity contribution in [2.45, 2.75) is 18.6 Å². The number of benzene rings is 1. The van der Waals surface area contributed by atoms with Crippen LogP contribution < -0.4 is 5.32 Å². The third-order valence-corrected chi connectivity index (χ3v) is 3.14. The molecule has 0 saturated carbocycles. The maximum Gasteiger partial charge on any atom is 0.198 e. The maximum atomic E-state index is 12.8. The lowest BCUT2D eigenvalue weighted by Gasteiger charge is -2.07. The highest BCUT2D eigenvalue weighted by Crippen LogP contribution is 2.20. The smallest absolute Gasteiger partial charge is 0.198 e. The van der Waals surface area contributed by atoms with Crippen molar-refractivity contribution in [1.29, 1.82) is 0 Å². The number of aromatic nitrogens is 2. The molecule has 20 heavy (non-hydrogen) atoms. The number of nitrogens with zero attached hydrogens (tertiary/aromatic N) is 2. The summed E-state index contributed by atoms with van der Waals surface area (Å²) in [5.41, 5.74) is 0.905. The third kappa shape index (κ3) is 4.47. The van der Waals surface area contributed by atoms with Gasteiger partial charge in [0.2, 0.25) is 0 Å². The molecule has 0 saturated heterocycles. The van der Waals surface area contributed by atoms with Crippen LogP contribution in [0, 0.1) is 5.82 Å². The van der Waals surface area contributed by atoms with E-state index >= 15 is 0 Å². The van der Waals surface area contributed by atoms with Crippen LogP contribution in [0.4, 0.5) is 10.2 Å². The van der Waals surface area contributed by atoms with Gasteiger partial charge in [0.1, 0.15) is 16.8 Å². The summed E-state index contributed by atoms with van der Waals surface area (Å²) in [5.74, 6) is 0.233. The van der Waals surface area contributed by atoms with Gasteiger partial charge in [0, 0.05) is 19.5 Å². The largest absolute Gasteiger partial charge is 0.366 e. The van der Waals surface area contributed by atoms with Gasteiger partial charge >= 0.3 is 0 Å². The van der Waals surface area contributed by atoms with Crippen molar-refractivity contribution in [3.63, 3.8) is 0 Å². The van der Waals surface area contributed by atoms with Crippen molar-refractivity contribution in [1.82, 2.24) is 9.97 Å². The second-order valence-electron chi connectivity index (χ2n) is 3.93. The van der Waals surface area contributed by atoms with Crippen molar-refractivity contribution in [2.24, 2.45) is 0 Å². The summed E-state index contributed by atoms with van der Waals surface area (Å²) >= 11 is 6.79. The molecule has 4 nitrogen and oxygen atoms in total. The van der Waals surface area contributed by atoms with Gasteiger partial charge in [0.15, 0.2) is 10.3 Å². The standard InChI is InChI=1S/C13H11ClFN3OS/c1-8(19)20-13-17-11(14)6-12(18-13)16-7-9-2-4-10(15)5-3-9/h2-6H,7H2,1H3,(H,16,17,18). The minimum atomic E-state index is -0.279. The summed E-state index contributed by atoms with van der Waals surface area (Å²) in [7, 11) is 0. The van der Waals surface area contributed by atoms with Crippen LogP contribution in [0.25, 0.3) is 0 Å². The van der Waals surface area contributed by atoms with E-state index in [1.807, 2.05) is 0 Å². The Morgan fingerprint density at radius 2 is 2.05 bits per heavy atom. The molecule has 104 valence electrons. The Balaban J connectivity index is 2.07. The Hall–Kier alpha value is -1.66. The Morgan fingerprint density at radius 3 is 2.70 bits per heavy atom. The normalized spacial score (nSPS) is 10.3. The Morgan fingerprint density at radius 1 is 1.35 bits per heavy atom. The Labute approximate surface area is 124 Å². The molecular weight excluding hydrogens is 301 g/mol. The van der Waals surface area contributed by atoms with Crippen LogP contribution in [0.5, 0.6) is 0 Å². The second-order valence-corrected chi connectivity index (χ2v) is 5.46. The monoisotopic (exact) mass is 311 g/mol. The van der Waals surface area contributed by atoms with Crippen LogP contribution in [-0.4, -0.2) is 15.1 Å². The number of rotatable bonds is 4. The zero-order valence-electron chi connectivity index (χ0n) is 10.6. The molecule has 7 heteroatoms. The first kappa shape index (κ1) is 14.7. The van der Waals surface area contributed by atoms with Crippen molar-refractivity contribution < 1.29 is 9.18 Å². The van der Waals surface area contributed by atoms with Gasteiger partial charge in [-0.3, -0.25) is 4.79 Å². The van der Waals surface area contributed by atoms with Gasteiger partial charge in [0.05, 0.1) is 0 Å². The number of carbonyl (C=O) groups is 1. The highest BCUT2D eigenvalue weighted by molar-refractivity contribution is 8.13. The molecule has 1 heterocycles. The highest BCUT2D eigenvalue weighted by Gasteiger charge is 2.06. The molecule has 0 bridgehead atoms. The number of hydrogen-bond donors (Lipinski definition) is 1. The minimum absolute atomic E-state index is 0.114. The Kier molecular flexibility index (Phi) is 4.92. The molecule has 0 fully saturated rings. The molecule has 1 aromatic heterocycles. The first-order chi connectivity index (χ1) is 9.52. The predicted octanol–water partition coefficient (Wildman–Crippen LogP) is 3.52. The van der Waals surface area contributed by atoms with E-state index in [9.17, 15) is 9.18 Å². The molecule has 1 N–H and O–H groups in total. The average molecular weight is 312 g/mol. The number of thioether (sulfide) groups is 1. The molecule has 0 spiro atoms. The summed E-state index contributed by atoms with van der Waals surface area (Å²) in [6.07, 6.45) is 0. The van der Waals surface area contributed by atoms with E-state index in [0.717, 1.165) is 17.3 Å². The lowest BCUT2D eigenvalue weighted by molar-refractivity contribution is -0.109. The quantitative estimate of drug-likeness (QED) is 0.532. The van der Waals surface area contributed by atoms with E-state index in [2.05, 4.69) is 15.3 Å². The maximum absolute atomic E-state index is 12.8. The minimum Gasteiger partial charge on any atom is -0.366 e. The molecule has 1 aromatic carbocycles. The first-order valence-corrected chi connectivity index (χ1v) is 6.94. The molecule has 0 aliphatic heterocycles.